The Hall–Kier alpha value is 0.331. The lowest BCUT2D eigenvalue weighted by Crippen LogP contribution is -2.66. The van der Waals surface area contributed by atoms with Gasteiger partial charge in [0.15, 0.2) is 0 Å². The van der Waals surface area contributed by atoms with E-state index >= 15 is 0 Å². The Morgan fingerprint density at radius 3 is 0.826 bits per heavy atom. The number of rotatable bonds is 12. The Labute approximate surface area is 143 Å². The van der Waals surface area contributed by atoms with Crippen LogP contribution in [0.3, 0.4) is 0 Å². The van der Waals surface area contributed by atoms with Gasteiger partial charge >= 0.3 is 26.7 Å². The summed E-state index contributed by atoms with van der Waals surface area (Å²) in [5, 5.41) is 0. The predicted molar refractivity (Wildman–Crippen MR) is 91.7 cm³/mol. The smallest absolute Gasteiger partial charge is 0.370 e. The second-order valence-electron chi connectivity index (χ2n) is 5.46. The normalized spacial score (nSPS) is 14.1. The van der Waals surface area contributed by atoms with E-state index in [4.69, 9.17) is 34.8 Å². The van der Waals surface area contributed by atoms with Gasteiger partial charge in [0.25, 0.3) is 0 Å². The summed E-state index contributed by atoms with van der Waals surface area (Å²) in [6, 6.07) is 0. The zero-order valence-electron chi connectivity index (χ0n) is 15.9. The van der Waals surface area contributed by atoms with Crippen LogP contribution < -0.4 is 0 Å². The van der Waals surface area contributed by atoms with Gasteiger partial charge in [-0.3, -0.25) is 0 Å². The summed E-state index contributed by atoms with van der Waals surface area (Å²) in [4.78, 5) is 0. The topological polar surface area (TPSA) is 73.8 Å². The summed E-state index contributed by atoms with van der Waals surface area (Å²) in [6.45, 7) is 8.08. The summed E-state index contributed by atoms with van der Waals surface area (Å²) >= 11 is 0. The van der Waals surface area contributed by atoms with Crippen LogP contribution in [0.2, 0.25) is 11.1 Å². The Bertz CT molecular complexity index is 286. The van der Waals surface area contributed by atoms with E-state index in [1.807, 2.05) is 27.7 Å². The zero-order chi connectivity index (χ0) is 18.3. The van der Waals surface area contributed by atoms with E-state index in [9.17, 15) is 0 Å². The molecule has 0 bridgehead atoms. The van der Waals surface area contributed by atoms with Crippen LogP contribution in [0.25, 0.3) is 0 Å². The summed E-state index contributed by atoms with van der Waals surface area (Å²) in [5.41, 5.74) is 0.0873. The maximum atomic E-state index is 6.34. The zero-order valence-corrected chi connectivity index (χ0v) is 18.9. The summed E-state index contributed by atoms with van der Waals surface area (Å²) in [5.74, 6) is 0. The number of hydrogen-bond acceptors (Lipinski definition) is 8. The van der Waals surface area contributed by atoms with Crippen molar-refractivity contribution in [1.82, 2.24) is 0 Å². The molecule has 0 atom stereocenters. The van der Waals surface area contributed by atoms with Crippen LogP contribution in [0.15, 0.2) is 0 Å². The second-order valence-corrected chi connectivity index (χ2v) is 15.3. The van der Waals surface area contributed by atoms with Crippen molar-refractivity contribution in [3.8, 4) is 0 Å². The van der Waals surface area contributed by atoms with Crippen molar-refractivity contribution in [3.05, 3.63) is 0 Å². The molecule has 0 spiro atoms. The van der Waals surface area contributed by atoms with E-state index in [-0.39, 0.29) is 11.1 Å². The van der Waals surface area contributed by atoms with Crippen molar-refractivity contribution in [3.63, 3.8) is 0 Å². The molecule has 0 saturated heterocycles. The molecule has 0 aliphatic heterocycles. The molecule has 0 aromatic carbocycles. The number of hydrogen-bond donors (Lipinski definition) is 0. The van der Waals surface area contributed by atoms with Crippen molar-refractivity contribution in [2.45, 2.75) is 38.8 Å². The Balaban J connectivity index is 5.93. The first-order chi connectivity index (χ1) is 10.7. The van der Waals surface area contributed by atoms with Crippen LogP contribution in [0.4, 0.5) is 0 Å². The molecule has 0 aliphatic rings. The van der Waals surface area contributed by atoms with E-state index in [1.54, 1.807) is 0 Å². The molecule has 0 rings (SSSR count). The fourth-order valence-corrected chi connectivity index (χ4v) is 14.1. The van der Waals surface area contributed by atoms with Crippen molar-refractivity contribution in [1.29, 1.82) is 0 Å². The molecule has 0 aromatic heterocycles. The van der Waals surface area contributed by atoms with Gasteiger partial charge in [-0.15, -0.1) is 0 Å². The van der Waals surface area contributed by atoms with Gasteiger partial charge < -0.3 is 34.8 Å². The van der Waals surface area contributed by atoms with Gasteiger partial charge in [-0.2, -0.15) is 0 Å². The van der Waals surface area contributed by atoms with Crippen LogP contribution in [0.1, 0.15) is 27.7 Å². The molecule has 0 aliphatic carbocycles. The Morgan fingerprint density at radius 1 is 0.478 bits per heavy atom. The summed E-state index contributed by atoms with van der Waals surface area (Å²) in [6.07, 6.45) is 0. The van der Waals surface area contributed by atoms with Crippen LogP contribution >= 0.6 is 0 Å². The second kappa shape index (κ2) is 9.72. The molecule has 8 nitrogen and oxygen atoms in total. The molecule has 140 valence electrons. The standard InChI is InChI=1S/C12H32O8Si3/c1-11(2)21(12(3)4,19-22(13-5,14-6)15-7)20-23(16-8,17-9)18-10/h11-12H,1-10H3. The highest BCUT2D eigenvalue weighted by Gasteiger charge is 2.62. The molecular weight excluding hydrogens is 356 g/mol. The van der Waals surface area contributed by atoms with Crippen molar-refractivity contribution in [2.24, 2.45) is 0 Å². The van der Waals surface area contributed by atoms with Crippen LogP contribution in [0, 0.1) is 0 Å². The lowest BCUT2D eigenvalue weighted by atomic mass is 10.5. The molecule has 11 heteroatoms. The Kier molecular flexibility index (Phi) is 9.86. The van der Waals surface area contributed by atoms with Crippen molar-refractivity contribution < 1.29 is 34.8 Å². The van der Waals surface area contributed by atoms with Gasteiger partial charge in [0.1, 0.15) is 0 Å². The fraction of sp³-hybridized carbons (Fsp3) is 1.00. The van der Waals surface area contributed by atoms with E-state index in [1.165, 1.54) is 42.7 Å². The minimum absolute atomic E-state index is 0.0437. The molecule has 0 aromatic rings. The summed E-state index contributed by atoms with van der Waals surface area (Å²) in [7, 11) is -0.665. The van der Waals surface area contributed by atoms with Gasteiger partial charge in [0.05, 0.1) is 0 Å². The first kappa shape index (κ1) is 23.3. The molecular formula is C12H32O8Si3. The monoisotopic (exact) mass is 388 g/mol. The maximum absolute atomic E-state index is 6.34. The molecule has 23 heavy (non-hydrogen) atoms. The molecule has 0 heterocycles. The SMILES string of the molecule is CO[Si](OC)(OC)O[Si](O[Si](OC)(OC)OC)(C(C)C)C(C)C. The minimum atomic E-state index is -3.32. The third kappa shape index (κ3) is 5.15. The van der Waals surface area contributed by atoms with Crippen molar-refractivity contribution in [2.75, 3.05) is 42.7 Å². The van der Waals surface area contributed by atoms with Gasteiger partial charge in [-0.05, 0) is 11.1 Å². The third-order valence-corrected chi connectivity index (χ3v) is 14.4. The minimum Gasteiger partial charge on any atom is -0.370 e. The third-order valence-electron chi connectivity index (χ3n) is 3.68. The van der Waals surface area contributed by atoms with E-state index < -0.39 is 26.7 Å². The quantitative estimate of drug-likeness (QED) is 0.470. The van der Waals surface area contributed by atoms with Gasteiger partial charge in [-0.1, -0.05) is 27.7 Å². The molecule has 0 saturated carbocycles. The van der Waals surface area contributed by atoms with Gasteiger partial charge in [0, 0.05) is 42.7 Å². The van der Waals surface area contributed by atoms with Crippen LogP contribution in [-0.4, -0.2) is 69.3 Å². The average molecular weight is 389 g/mol. The molecule has 0 radical (unpaired) electrons. The highest BCUT2D eigenvalue weighted by Crippen LogP contribution is 2.39. The maximum Gasteiger partial charge on any atom is 0.669 e. The highest BCUT2D eigenvalue weighted by molar-refractivity contribution is 6.83. The van der Waals surface area contributed by atoms with Gasteiger partial charge in [-0.25, -0.2) is 0 Å². The highest BCUT2D eigenvalue weighted by atomic mass is 28.5. The first-order valence-electron chi connectivity index (χ1n) is 7.38. The predicted octanol–water partition coefficient (Wildman–Crippen LogP) is 2.03. The molecule has 0 N–H and O–H groups in total. The van der Waals surface area contributed by atoms with Crippen LogP contribution in [-0.2, 0) is 34.8 Å². The fourth-order valence-electron chi connectivity index (χ4n) is 2.30. The van der Waals surface area contributed by atoms with E-state index in [2.05, 4.69) is 0 Å². The average Bonchev–Trinajstić information content (AvgIpc) is 2.56. The molecule has 0 fully saturated rings. The Morgan fingerprint density at radius 2 is 0.696 bits per heavy atom. The summed E-state index contributed by atoms with van der Waals surface area (Å²) < 4.78 is 45.2. The lowest BCUT2D eigenvalue weighted by Gasteiger charge is -2.44. The molecule has 0 amide bonds. The molecule has 0 unspecified atom stereocenters. The van der Waals surface area contributed by atoms with Gasteiger partial charge in [0.2, 0.25) is 0 Å². The van der Waals surface area contributed by atoms with Crippen molar-refractivity contribution >= 4 is 26.7 Å². The largest absolute Gasteiger partial charge is 0.669 e. The van der Waals surface area contributed by atoms with Crippen LogP contribution in [0.5, 0.6) is 0 Å². The lowest BCUT2D eigenvalue weighted by molar-refractivity contribution is 0.0103. The first-order valence-corrected chi connectivity index (χ1v) is 12.6. The van der Waals surface area contributed by atoms with E-state index in [0.29, 0.717) is 0 Å². The van der Waals surface area contributed by atoms with E-state index in [0.717, 1.165) is 0 Å².